The van der Waals surface area contributed by atoms with Crippen LogP contribution in [0.25, 0.3) is 0 Å². The predicted molar refractivity (Wildman–Crippen MR) is 80.6 cm³/mol. The van der Waals surface area contributed by atoms with Gasteiger partial charge in [0, 0.05) is 6.54 Å². The summed E-state index contributed by atoms with van der Waals surface area (Å²) in [4.78, 5) is 0.373. The average Bonchev–Trinajstić information content (AvgIpc) is 2.86. The number of hydrogen-bond acceptors (Lipinski definition) is 2. The lowest BCUT2D eigenvalue weighted by molar-refractivity contribution is 0.592. The molecule has 3 rings (SSSR count). The summed E-state index contributed by atoms with van der Waals surface area (Å²) in [5.41, 5.74) is 4.01. The molecular formula is C16H17NO2S. The molecule has 1 aliphatic heterocycles. The maximum atomic E-state index is 12.8. The van der Waals surface area contributed by atoms with E-state index in [1.165, 1.54) is 4.31 Å². The topological polar surface area (TPSA) is 37.4 Å². The Hall–Kier alpha value is -1.81. The molecule has 1 heterocycles. The van der Waals surface area contributed by atoms with Crippen LogP contribution in [0.2, 0.25) is 0 Å². The van der Waals surface area contributed by atoms with Crippen LogP contribution in [0.15, 0.2) is 47.4 Å². The molecule has 0 unspecified atom stereocenters. The molecule has 0 spiro atoms. The van der Waals surface area contributed by atoms with E-state index in [1.807, 2.05) is 44.2 Å². The number of anilines is 1. The first-order valence-corrected chi connectivity index (χ1v) is 8.12. The molecule has 0 radical (unpaired) electrons. The largest absolute Gasteiger partial charge is 0.266 e. The zero-order valence-corrected chi connectivity index (χ0v) is 12.4. The van der Waals surface area contributed by atoms with Crippen molar-refractivity contribution in [3.05, 3.63) is 59.2 Å². The highest BCUT2D eigenvalue weighted by atomic mass is 32.2. The van der Waals surface area contributed by atoms with E-state index in [0.717, 1.165) is 28.8 Å². The number of aryl methyl sites for hydroxylation is 2. The molecule has 0 amide bonds. The van der Waals surface area contributed by atoms with Crippen LogP contribution >= 0.6 is 0 Å². The van der Waals surface area contributed by atoms with Crippen molar-refractivity contribution in [3.8, 4) is 0 Å². The number of fused-ring (bicyclic) bond motifs is 1. The van der Waals surface area contributed by atoms with Crippen molar-refractivity contribution >= 4 is 15.7 Å². The lowest BCUT2D eigenvalue weighted by Gasteiger charge is -2.20. The maximum Gasteiger partial charge on any atom is 0.264 e. The van der Waals surface area contributed by atoms with Crippen molar-refractivity contribution in [1.29, 1.82) is 0 Å². The number of hydrogen-bond donors (Lipinski definition) is 0. The lowest BCUT2D eigenvalue weighted by atomic mass is 10.1. The fraction of sp³-hybridized carbons (Fsp3) is 0.250. The molecule has 0 aromatic heterocycles. The van der Waals surface area contributed by atoms with Crippen LogP contribution in [-0.2, 0) is 16.4 Å². The molecule has 1 aliphatic rings. The zero-order chi connectivity index (χ0) is 14.3. The maximum absolute atomic E-state index is 12.8. The number of sulfonamides is 1. The second-order valence-corrected chi connectivity index (χ2v) is 7.06. The Bertz CT molecular complexity index is 766. The summed E-state index contributed by atoms with van der Waals surface area (Å²) in [6, 6.07) is 13.0. The highest BCUT2D eigenvalue weighted by molar-refractivity contribution is 7.92. The SMILES string of the molecule is Cc1ccc(S(=O)(=O)N2CCc3ccccc32)cc1C. The summed E-state index contributed by atoms with van der Waals surface area (Å²) < 4.78 is 27.1. The molecule has 3 nitrogen and oxygen atoms in total. The Morgan fingerprint density at radius 3 is 2.50 bits per heavy atom. The highest BCUT2D eigenvalue weighted by Gasteiger charge is 2.30. The third kappa shape index (κ3) is 2.00. The molecule has 0 aliphatic carbocycles. The molecule has 0 atom stereocenters. The molecule has 0 saturated heterocycles. The Morgan fingerprint density at radius 2 is 1.75 bits per heavy atom. The number of benzene rings is 2. The summed E-state index contributed by atoms with van der Waals surface area (Å²) >= 11 is 0. The highest BCUT2D eigenvalue weighted by Crippen LogP contribution is 2.32. The van der Waals surface area contributed by atoms with Crippen LogP contribution < -0.4 is 4.31 Å². The lowest BCUT2D eigenvalue weighted by Crippen LogP contribution is -2.29. The van der Waals surface area contributed by atoms with Crippen molar-refractivity contribution in [2.24, 2.45) is 0 Å². The van der Waals surface area contributed by atoms with Gasteiger partial charge in [0.1, 0.15) is 0 Å². The third-order valence-electron chi connectivity index (χ3n) is 3.91. The van der Waals surface area contributed by atoms with Gasteiger partial charge in [0.2, 0.25) is 0 Å². The first-order chi connectivity index (χ1) is 9.50. The average molecular weight is 287 g/mol. The first-order valence-electron chi connectivity index (χ1n) is 6.68. The van der Waals surface area contributed by atoms with Gasteiger partial charge in [-0.3, -0.25) is 4.31 Å². The fourth-order valence-corrected chi connectivity index (χ4v) is 4.15. The van der Waals surface area contributed by atoms with E-state index in [1.54, 1.807) is 12.1 Å². The van der Waals surface area contributed by atoms with E-state index >= 15 is 0 Å². The van der Waals surface area contributed by atoms with E-state index in [4.69, 9.17) is 0 Å². The normalized spacial score (nSPS) is 14.4. The van der Waals surface area contributed by atoms with E-state index in [9.17, 15) is 8.42 Å². The van der Waals surface area contributed by atoms with Gasteiger partial charge in [-0.1, -0.05) is 24.3 Å². The second-order valence-electron chi connectivity index (χ2n) is 5.20. The number of rotatable bonds is 2. The van der Waals surface area contributed by atoms with E-state index < -0.39 is 10.0 Å². The minimum atomic E-state index is -3.46. The van der Waals surface area contributed by atoms with Gasteiger partial charge in [0.25, 0.3) is 10.0 Å². The number of para-hydroxylation sites is 1. The van der Waals surface area contributed by atoms with Gasteiger partial charge in [0.05, 0.1) is 10.6 Å². The Labute approximate surface area is 119 Å². The fourth-order valence-electron chi connectivity index (χ4n) is 2.56. The summed E-state index contributed by atoms with van der Waals surface area (Å²) in [5.74, 6) is 0. The Balaban J connectivity index is 2.07. The van der Waals surface area contributed by atoms with Crippen molar-refractivity contribution in [2.45, 2.75) is 25.2 Å². The number of nitrogens with zero attached hydrogens (tertiary/aromatic N) is 1. The zero-order valence-electron chi connectivity index (χ0n) is 11.6. The Kier molecular flexibility index (Phi) is 3.05. The van der Waals surface area contributed by atoms with Crippen LogP contribution in [0.1, 0.15) is 16.7 Å². The van der Waals surface area contributed by atoms with Gasteiger partial charge in [-0.15, -0.1) is 0 Å². The minimum Gasteiger partial charge on any atom is -0.266 e. The summed E-state index contributed by atoms with van der Waals surface area (Å²) in [5, 5.41) is 0. The van der Waals surface area contributed by atoms with E-state index in [2.05, 4.69) is 0 Å². The molecular weight excluding hydrogens is 270 g/mol. The standard InChI is InChI=1S/C16H17NO2S/c1-12-7-8-15(11-13(12)2)20(18,19)17-10-9-14-5-3-4-6-16(14)17/h3-8,11H,9-10H2,1-2H3. The van der Waals surface area contributed by atoms with Crippen LogP contribution in [0.3, 0.4) is 0 Å². The third-order valence-corrected chi connectivity index (χ3v) is 5.72. The van der Waals surface area contributed by atoms with Crippen molar-refractivity contribution < 1.29 is 8.42 Å². The smallest absolute Gasteiger partial charge is 0.264 e. The van der Waals surface area contributed by atoms with Gasteiger partial charge in [-0.05, 0) is 55.2 Å². The summed E-state index contributed by atoms with van der Waals surface area (Å²) in [6.45, 7) is 4.44. The summed E-state index contributed by atoms with van der Waals surface area (Å²) in [7, 11) is -3.46. The van der Waals surface area contributed by atoms with Gasteiger partial charge in [-0.2, -0.15) is 0 Å². The monoisotopic (exact) mass is 287 g/mol. The molecule has 2 aromatic carbocycles. The molecule has 0 fully saturated rings. The molecule has 0 N–H and O–H groups in total. The van der Waals surface area contributed by atoms with Crippen LogP contribution in [0.4, 0.5) is 5.69 Å². The molecule has 2 aromatic rings. The van der Waals surface area contributed by atoms with Crippen molar-refractivity contribution in [3.63, 3.8) is 0 Å². The molecule has 0 saturated carbocycles. The summed E-state index contributed by atoms with van der Waals surface area (Å²) in [6.07, 6.45) is 0.778. The molecule has 104 valence electrons. The van der Waals surface area contributed by atoms with Gasteiger partial charge in [-0.25, -0.2) is 8.42 Å². The second kappa shape index (κ2) is 4.63. The van der Waals surface area contributed by atoms with E-state index in [-0.39, 0.29) is 0 Å². The van der Waals surface area contributed by atoms with Crippen LogP contribution in [0.5, 0.6) is 0 Å². The van der Waals surface area contributed by atoms with E-state index in [0.29, 0.717) is 11.4 Å². The predicted octanol–water partition coefficient (Wildman–Crippen LogP) is 3.05. The quantitative estimate of drug-likeness (QED) is 0.851. The molecule has 4 heteroatoms. The van der Waals surface area contributed by atoms with Crippen LogP contribution in [0, 0.1) is 13.8 Å². The molecule has 20 heavy (non-hydrogen) atoms. The molecule has 0 bridgehead atoms. The minimum absolute atomic E-state index is 0.373. The van der Waals surface area contributed by atoms with Crippen molar-refractivity contribution in [1.82, 2.24) is 0 Å². The van der Waals surface area contributed by atoms with Gasteiger partial charge >= 0.3 is 0 Å². The first kappa shape index (κ1) is 13.2. The van der Waals surface area contributed by atoms with Gasteiger partial charge in [0.15, 0.2) is 0 Å². The van der Waals surface area contributed by atoms with Crippen LogP contribution in [-0.4, -0.2) is 15.0 Å². The Morgan fingerprint density at radius 1 is 1.00 bits per heavy atom. The van der Waals surface area contributed by atoms with Crippen molar-refractivity contribution in [2.75, 3.05) is 10.8 Å². The van der Waals surface area contributed by atoms with Gasteiger partial charge < -0.3 is 0 Å².